The van der Waals surface area contributed by atoms with Crippen LogP contribution >= 0.6 is 11.3 Å². The van der Waals surface area contributed by atoms with Crippen molar-refractivity contribution in [1.29, 1.82) is 0 Å². The number of nitrogens with one attached hydrogen (secondary N) is 1. The summed E-state index contributed by atoms with van der Waals surface area (Å²) in [5, 5.41) is 12.0. The van der Waals surface area contributed by atoms with E-state index in [1.165, 1.54) is 5.56 Å². The molecule has 1 heterocycles. The number of benzene rings is 1. The van der Waals surface area contributed by atoms with Gasteiger partial charge in [-0.25, -0.2) is 0 Å². The fraction of sp³-hybridized carbons (Fsp3) is 0.214. The van der Waals surface area contributed by atoms with Gasteiger partial charge in [0.05, 0.1) is 6.42 Å². The van der Waals surface area contributed by atoms with Crippen molar-refractivity contribution in [2.24, 2.45) is 0 Å². The second kappa shape index (κ2) is 5.69. The van der Waals surface area contributed by atoms with E-state index in [4.69, 9.17) is 5.11 Å². The third-order valence-electron chi connectivity index (χ3n) is 2.56. The van der Waals surface area contributed by atoms with Crippen LogP contribution in [0.2, 0.25) is 0 Å². The monoisotopic (exact) mass is 261 g/mol. The van der Waals surface area contributed by atoms with Gasteiger partial charge in [0, 0.05) is 22.0 Å². The third-order valence-corrected chi connectivity index (χ3v) is 3.65. The average molecular weight is 261 g/mol. The minimum atomic E-state index is -0.783. The van der Waals surface area contributed by atoms with Gasteiger partial charge in [-0.05, 0) is 31.2 Å². The van der Waals surface area contributed by atoms with Gasteiger partial charge >= 0.3 is 5.97 Å². The summed E-state index contributed by atoms with van der Waals surface area (Å²) in [7, 11) is 0. The van der Waals surface area contributed by atoms with Gasteiger partial charge in [-0.15, -0.1) is 11.3 Å². The van der Waals surface area contributed by atoms with Crippen LogP contribution in [0, 0.1) is 6.92 Å². The summed E-state index contributed by atoms with van der Waals surface area (Å²) in [6, 6.07) is 12.1. The fourth-order valence-electron chi connectivity index (χ4n) is 1.62. The van der Waals surface area contributed by atoms with Gasteiger partial charge in [0.15, 0.2) is 0 Å². The fourth-order valence-corrected chi connectivity index (χ4v) is 2.57. The summed E-state index contributed by atoms with van der Waals surface area (Å²) in [5.41, 5.74) is 2.31. The predicted molar refractivity (Wildman–Crippen MR) is 74.2 cm³/mol. The Bertz CT molecular complexity index is 531. The maximum Gasteiger partial charge on any atom is 0.308 e. The highest BCUT2D eigenvalue weighted by Gasteiger charge is 2.04. The smallest absolute Gasteiger partial charge is 0.308 e. The molecule has 0 spiro atoms. The molecule has 0 radical (unpaired) electrons. The molecule has 0 saturated heterocycles. The number of aryl methyl sites for hydroxylation is 1. The summed E-state index contributed by atoms with van der Waals surface area (Å²) in [6.45, 7) is 2.79. The first-order valence-corrected chi connectivity index (χ1v) is 6.55. The van der Waals surface area contributed by atoms with E-state index in [9.17, 15) is 4.79 Å². The van der Waals surface area contributed by atoms with Gasteiger partial charge in [0.25, 0.3) is 0 Å². The molecule has 18 heavy (non-hydrogen) atoms. The SMILES string of the molecule is Cc1ccc(NCc2ccc(CC(=O)O)s2)cc1. The first kappa shape index (κ1) is 12.6. The molecule has 2 aromatic rings. The summed E-state index contributed by atoms with van der Waals surface area (Å²) < 4.78 is 0. The lowest BCUT2D eigenvalue weighted by Crippen LogP contribution is -1.98. The van der Waals surface area contributed by atoms with Crippen LogP contribution in [0.5, 0.6) is 0 Å². The van der Waals surface area contributed by atoms with Crippen LogP contribution in [0.15, 0.2) is 36.4 Å². The van der Waals surface area contributed by atoms with Crippen LogP contribution in [0.4, 0.5) is 5.69 Å². The van der Waals surface area contributed by atoms with E-state index in [2.05, 4.69) is 24.4 Å². The quantitative estimate of drug-likeness (QED) is 0.868. The summed E-state index contributed by atoms with van der Waals surface area (Å²) in [5.74, 6) is -0.783. The molecule has 0 atom stereocenters. The zero-order valence-electron chi connectivity index (χ0n) is 10.1. The van der Waals surface area contributed by atoms with Crippen molar-refractivity contribution in [3.63, 3.8) is 0 Å². The summed E-state index contributed by atoms with van der Waals surface area (Å²) in [4.78, 5) is 12.6. The average Bonchev–Trinajstić information content (AvgIpc) is 2.75. The van der Waals surface area contributed by atoms with E-state index in [0.29, 0.717) is 0 Å². The number of aliphatic carboxylic acids is 1. The molecule has 2 rings (SSSR count). The molecule has 0 aliphatic heterocycles. The number of anilines is 1. The molecule has 0 bridgehead atoms. The van der Waals surface area contributed by atoms with Crippen molar-refractivity contribution >= 4 is 23.0 Å². The Balaban J connectivity index is 1.92. The lowest BCUT2D eigenvalue weighted by molar-refractivity contribution is -0.136. The number of carboxylic acids is 1. The second-order valence-electron chi connectivity index (χ2n) is 4.16. The number of rotatable bonds is 5. The van der Waals surface area contributed by atoms with E-state index in [0.717, 1.165) is 22.0 Å². The van der Waals surface area contributed by atoms with Crippen molar-refractivity contribution in [1.82, 2.24) is 0 Å². The highest BCUT2D eigenvalue weighted by molar-refractivity contribution is 7.12. The maximum absolute atomic E-state index is 10.6. The number of hydrogen-bond donors (Lipinski definition) is 2. The second-order valence-corrected chi connectivity index (χ2v) is 5.41. The third kappa shape index (κ3) is 3.60. The maximum atomic E-state index is 10.6. The zero-order valence-corrected chi connectivity index (χ0v) is 11.0. The summed E-state index contributed by atoms with van der Waals surface area (Å²) in [6.07, 6.45) is 0.106. The van der Waals surface area contributed by atoms with Crippen LogP contribution in [0.25, 0.3) is 0 Å². The zero-order chi connectivity index (χ0) is 13.0. The minimum absolute atomic E-state index is 0.106. The summed E-state index contributed by atoms with van der Waals surface area (Å²) >= 11 is 1.54. The minimum Gasteiger partial charge on any atom is -0.481 e. The molecular formula is C14H15NO2S. The molecule has 3 nitrogen and oxygen atoms in total. The number of thiophene rings is 1. The van der Waals surface area contributed by atoms with E-state index in [1.54, 1.807) is 11.3 Å². The Labute approximate surface area is 110 Å². The standard InChI is InChI=1S/C14H15NO2S/c1-10-2-4-11(5-3-10)15-9-13-7-6-12(18-13)8-14(16)17/h2-7,15H,8-9H2,1H3,(H,16,17). The highest BCUT2D eigenvalue weighted by Crippen LogP contribution is 2.19. The Morgan fingerprint density at radius 3 is 2.50 bits per heavy atom. The number of carboxylic acid groups (broad SMARTS) is 1. The van der Waals surface area contributed by atoms with Crippen molar-refractivity contribution < 1.29 is 9.90 Å². The molecule has 94 valence electrons. The van der Waals surface area contributed by atoms with Gasteiger partial charge in [-0.3, -0.25) is 4.79 Å². The molecular weight excluding hydrogens is 246 g/mol. The Hall–Kier alpha value is -1.81. The molecule has 0 amide bonds. The van der Waals surface area contributed by atoms with Crippen LogP contribution in [-0.2, 0) is 17.8 Å². The van der Waals surface area contributed by atoms with Crippen molar-refractivity contribution in [3.05, 3.63) is 51.7 Å². The van der Waals surface area contributed by atoms with Gasteiger partial charge in [0.1, 0.15) is 0 Å². The van der Waals surface area contributed by atoms with E-state index < -0.39 is 5.97 Å². The molecule has 1 aromatic carbocycles. The molecule has 0 fully saturated rings. The van der Waals surface area contributed by atoms with Crippen LogP contribution in [0.3, 0.4) is 0 Å². The largest absolute Gasteiger partial charge is 0.481 e. The predicted octanol–water partition coefficient (Wildman–Crippen LogP) is 3.30. The first-order valence-electron chi connectivity index (χ1n) is 5.73. The Morgan fingerprint density at radius 1 is 1.17 bits per heavy atom. The van der Waals surface area contributed by atoms with Crippen LogP contribution < -0.4 is 5.32 Å². The van der Waals surface area contributed by atoms with E-state index in [-0.39, 0.29) is 6.42 Å². The van der Waals surface area contributed by atoms with Crippen LogP contribution in [-0.4, -0.2) is 11.1 Å². The Morgan fingerprint density at radius 2 is 1.83 bits per heavy atom. The Kier molecular flexibility index (Phi) is 3.99. The highest BCUT2D eigenvalue weighted by atomic mass is 32.1. The molecule has 1 aromatic heterocycles. The molecule has 0 unspecified atom stereocenters. The molecule has 0 saturated carbocycles. The number of hydrogen-bond acceptors (Lipinski definition) is 3. The van der Waals surface area contributed by atoms with E-state index in [1.807, 2.05) is 24.3 Å². The van der Waals surface area contributed by atoms with Crippen LogP contribution in [0.1, 0.15) is 15.3 Å². The topological polar surface area (TPSA) is 49.3 Å². The lowest BCUT2D eigenvalue weighted by Gasteiger charge is -2.04. The van der Waals surface area contributed by atoms with Gasteiger partial charge in [-0.2, -0.15) is 0 Å². The van der Waals surface area contributed by atoms with Gasteiger partial charge in [-0.1, -0.05) is 17.7 Å². The van der Waals surface area contributed by atoms with Crippen molar-refractivity contribution in [2.75, 3.05) is 5.32 Å². The first-order chi connectivity index (χ1) is 8.63. The number of carbonyl (C=O) groups is 1. The van der Waals surface area contributed by atoms with E-state index >= 15 is 0 Å². The van der Waals surface area contributed by atoms with Gasteiger partial charge in [0.2, 0.25) is 0 Å². The van der Waals surface area contributed by atoms with Crippen molar-refractivity contribution in [2.45, 2.75) is 19.9 Å². The lowest BCUT2D eigenvalue weighted by atomic mass is 10.2. The molecule has 0 aliphatic rings. The normalized spacial score (nSPS) is 10.3. The molecule has 4 heteroatoms. The van der Waals surface area contributed by atoms with Gasteiger partial charge < -0.3 is 10.4 Å². The molecule has 2 N–H and O–H groups in total. The molecule has 0 aliphatic carbocycles. The van der Waals surface area contributed by atoms with Crippen molar-refractivity contribution in [3.8, 4) is 0 Å².